The Bertz CT molecular complexity index is 904. The van der Waals surface area contributed by atoms with E-state index in [1.165, 1.54) is 11.3 Å². The molecule has 7 heteroatoms. The predicted molar refractivity (Wildman–Crippen MR) is 111 cm³/mol. The molecule has 1 fully saturated rings. The predicted octanol–water partition coefficient (Wildman–Crippen LogP) is 3.11. The van der Waals surface area contributed by atoms with Crippen molar-refractivity contribution in [2.45, 2.75) is 27.2 Å². The topological polar surface area (TPSA) is 72.9 Å². The van der Waals surface area contributed by atoms with Crippen molar-refractivity contribution in [2.75, 3.05) is 32.9 Å². The molecule has 29 heavy (non-hydrogen) atoms. The van der Waals surface area contributed by atoms with Gasteiger partial charge in [0, 0.05) is 18.0 Å². The largest absolute Gasteiger partial charge is 0.454 e. The van der Waals surface area contributed by atoms with Gasteiger partial charge in [0.2, 0.25) is 11.7 Å². The van der Waals surface area contributed by atoms with E-state index in [2.05, 4.69) is 0 Å². The van der Waals surface area contributed by atoms with Crippen LogP contribution in [0.4, 0.5) is 0 Å². The summed E-state index contributed by atoms with van der Waals surface area (Å²) in [6.45, 7) is 7.69. The molecule has 0 aliphatic carbocycles. The number of amides is 1. The van der Waals surface area contributed by atoms with Gasteiger partial charge in [-0.15, -0.1) is 11.3 Å². The number of rotatable bonds is 6. The molecule has 0 bridgehead atoms. The van der Waals surface area contributed by atoms with Gasteiger partial charge in [0.1, 0.15) is 0 Å². The molecule has 2 aromatic rings. The Morgan fingerprint density at radius 1 is 1.07 bits per heavy atom. The zero-order valence-electron chi connectivity index (χ0n) is 16.9. The Hall–Kier alpha value is -2.51. The van der Waals surface area contributed by atoms with E-state index in [0.29, 0.717) is 36.7 Å². The van der Waals surface area contributed by atoms with E-state index in [0.717, 1.165) is 21.6 Å². The summed E-state index contributed by atoms with van der Waals surface area (Å²) in [6.07, 6.45) is 0.263. The van der Waals surface area contributed by atoms with Crippen molar-refractivity contribution in [2.24, 2.45) is 0 Å². The molecule has 0 unspecified atom stereocenters. The zero-order chi connectivity index (χ0) is 21.0. The molecule has 1 amide bonds. The Labute approximate surface area is 174 Å². The molecule has 1 aliphatic heterocycles. The SMILES string of the molecule is Cc1cc(C)c(C(=O)OCC(=O)c2ccc(CC(=O)N3CCOCC3)s2)c(C)c1. The van der Waals surface area contributed by atoms with Gasteiger partial charge in [0.05, 0.1) is 30.1 Å². The molecule has 1 aromatic heterocycles. The lowest BCUT2D eigenvalue weighted by Crippen LogP contribution is -2.41. The number of esters is 1. The van der Waals surface area contributed by atoms with E-state index in [4.69, 9.17) is 9.47 Å². The van der Waals surface area contributed by atoms with Gasteiger partial charge < -0.3 is 14.4 Å². The van der Waals surface area contributed by atoms with Crippen molar-refractivity contribution < 1.29 is 23.9 Å². The number of morpholine rings is 1. The number of thiophene rings is 1. The Balaban J connectivity index is 1.56. The lowest BCUT2D eigenvalue weighted by Gasteiger charge is -2.26. The van der Waals surface area contributed by atoms with Gasteiger partial charge in [-0.05, 0) is 44.0 Å². The van der Waals surface area contributed by atoms with Crippen LogP contribution in [0.1, 0.15) is 41.6 Å². The maximum Gasteiger partial charge on any atom is 0.339 e. The number of carbonyl (C=O) groups is 3. The van der Waals surface area contributed by atoms with Gasteiger partial charge in [-0.25, -0.2) is 4.79 Å². The third-order valence-electron chi connectivity index (χ3n) is 4.84. The van der Waals surface area contributed by atoms with E-state index in [-0.39, 0.29) is 24.7 Å². The maximum absolute atomic E-state index is 12.4. The van der Waals surface area contributed by atoms with E-state index in [1.54, 1.807) is 17.0 Å². The summed E-state index contributed by atoms with van der Waals surface area (Å²) in [4.78, 5) is 40.3. The molecule has 0 atom stereocenters. The molecule has 3 rings (SSSR count). The molecule has 0 spiro atoms. The number of aryl methyl sites for hydroxylation is 3. The van der Waals surface area contributed by atoms with Gasteiger partial charge in [0.15, 0.2) is 6.61 Å². The van der Waals surface area contributed by atoms with Gasteiger partial charge in [-0.3, -0.25) is 9.59 Å². The summed E-state index contributed by atoms with van der Waals surface area (Å²) in [5.74, 6) is -0.727. The summed E-state index contributed by atoms with van der Waals surface area (Å²) >= 11 is 1.27. The fraction of sp³-hybridized carbons (Fsp3) is 0.409. The number of hydrogen-bond acceptors (Lipinski definition) is 6. The number of hydrogen-bond donors (Lipinski definition) is 0. The second-order valence-corrected chi connectivity index (χ2v) is 8.38. The van der Waals surface area contributed by atoms with E-state index in [9.17, 15) is 14.4 Å². The molecule has 0 radical (unpaired) electrons. The summed E-state index contributed by atoms with van der Waals surface area (Å²) in [5.41, 5.74) is 3.25. The standard InChI is InChI=1S/C22H25NO5S/c1-14-10-15(2)21(16(3)11-14)22(26)28-13-18(24)19-5-4-17(29-19)12-20(25)23-6-8-27-9-7-23/h4-5,10-11H,6-9,12-13H2,1-3H3. The number of nitrogens with zero attached hydrogens (tertiary/aromatic N) is 1. The molecule has 154 valence electrons. The lowest BCUT2D eigenvalue weighted by atomic mass is 10.00. The highest BCUT2D eigenvalue weighted by Crippen LogP contribution is 2.20. The number of carbonyl (C=O) groups excluding carboxylic acids is 3. The van der Waals surface area contributed by atoms with Crippen molar-refractivity contribution in [3.8, 4) is 0 Å². The highest BCUT2D eigenvalue weighted by Gasteiger charge is 2.20. The highest BCUT2D eigenvalue weighted by molar-refractivity contribution is 7.14. The number of Topliss-reactive ketones (excluding diaryl/α,β-unsaturated/α-hetero) is 1. The summed E-state index contributed by atoms with van der Waals surface area (Å²) in [7, 11) is 0. The third-order valence-corrected chi connectivity index (χ3v) is 5.97. The van der Waals surface area contributed by atoms with E-state index < -0.39 is 5.97 Å². The smallest absolute Gasteiger partial charge is 0.339 e. The first kappa shape index (κ1) is 21.2. The molecular weight excluding hydrogens is 390 g/mol. The minimum absolute atomic E-state index is 0.0332. The van der Waals surface area contributed by atoms with Crippen LogP contribution in [-0.4, -0.2) is 55.5 Å². The molecule has 1 aromatic carbocycles. The van der Waals surface area contributed by atoms with Crippen LogP contribution in [0.5, 0.6) is 0 Å². The van der Waals surface area contributed by atoms with Crippen LogP contribution in [0, 0.1) is 20.8 Å². The number of ketones is 1. The number of ether oxygens (including phenoxy) is 2. The van der Waals surface area contributed by atoms with Crippen LogP contribution in [0.25, 0.3) is 0 Å². The Morgan fingerprint density at radius 2 is 1.72 bits per heavy atom. The van der Waals surface area contributed by atoms with Crippen molar-refractivity contribution in [1.29, 1.82) is 0 Å². The summed E-state index contributed by atoms with van der Waals surface area (Å²) in [5, 5.41) is 0. The van der Waals surface area contributed by atoms with Crippen LogP contribution < -0.4 is 0 Å². The van der Waals surface area contributed by atoms with Crippen LogP contribution in [0.3, 0.4) is 0 Å². The first-order valence-corrected chi connectivity index (χ1v) is 10.4. The van der Waals surface area contributed by atoms with E-state index in [1.807, 2.05) is 32.9 Å². The molecule has 6 nitrogen and oxygen atoms in total. The Morgan fingerprint density at radius 3 is 2.38 bits per heavy atom. The second kappa shape index (κ2) is 9.33. The summed E-state index contributed by atoms with van der Waals surface area (Å²) in [6, 6.07) is 7.31. The highest BCUT2D eigenvalue weighted by atomic mass is 32.1. The van der Waals surface area contributed by atoms with E-state index >= 15 is 0 Å². The molecule has 1 aliphatic rings. The zero-order valence-corrected chi connectivity index (χ0v) is 17.8. The number of benzene rings is 1. The van der Waals surface area contributed by atoms with Crippen LogP contribution in [-0.2, 0) is 20.7 Å². The Kier molecular flexibility index (Phi) is 6.82. The van der Waals surface area contributed by atoms with Gasteiger partial charge in [-0.1, -0.05) is 17.7 Å². The lowest BCUT2D eigenvalue weighted by molar-refractivity contribution is -0.134. The molecule has 0 N–H and O–H groups in total. The molecule has 2 heterocycles. The van der Waals surface area contributed by atoms with Crippen molar-refractivity contribution in [3.05, 3.63) is 56.3 Å². The molecule has 1 saturated heterocycles. The maximum atomic E-state index is 12.4. The monoisotopic (exact) mass is 415 g/mol. The van der Waals surface area contributed by atoms with Crippen molar-refractivity contribution in [1.82, 2.24) is 4.90 Å². The average molecular weight is 416 g/mol. The minimum Gasteiger partial charge on any atom is -0.454 e. The normalized spacial score (nSPS) is 14.0. The summed E-state index contributed by atoms with van der Waals surface area (Å²) < 4.78 is 10.5. The first-order chi connectivity index (χ1) is 13.8. The fourth-order valence-corrected chi connectivity index (χ4v) is 4.40. The van der Waals surface area contributed by atoms with Crippen LogP contribution in [0.15, 0.2) is 24.3 Å². The van der Waals surface area contributed by atoms with Crippen LogP contribution in [0.2, 0.25) is 0 Å². The van der Waals surface area contributed by atoms with Gasteiger partial charge >= 0.3 is 5.97 Å². The van der Waals surface area contributed by atoms with Crippen LogP contribution >= 0.6 is 11.3 Å². The van der Waals surface area contributed by atoms with Crippen molar-refractivity contribution >= 4 is 29.0 Å². The molecule has 0 saturated carbocycles. The average Bonchev–Trinajstić information content (AvgIpc) is 3.14. The quantitative estimate of drug-likeness (QED) is 0.535. The van der Waals surface area contributed by atoms with Gasteiger partial charge in [-0.2, -0.15) is 0 Å². The third kappa shape index (κ3) is 5.31. The van der Waals surface area contributed by atoms with Crippen molar-refractivity contribution in [3.63, 3.8) is 0 Å². The second-order valence-electron chi connectivity index (χ2n) is 7.21. The molecular formula is C22H25NO5S. The minimum atomic E-state index is -0.493. The fourth-order valence-electron chi connectivity index (χ4n) is 3.47. The van der Waals surface area contributed by atoms with Gasteiger partial charge in [0.25, 0.3) is 0 Å². The first-order valence-electron chi connectivity index (χ1n) is 9.57.